The topological polar surface area (TPSA) is 70.7 Å². The SMILES string of the molecule is CC(C)(C)NC(=O)NC(=O)CN(Cc1ccccc1)CC1CCCO1. The number of hydrogen-bond donors (Lipinski definition) is 2. The molecule has 6 nitrogen and oxygen atoms in total. The number of urea groups is 1. The Morgan fingerprint density at radius 3 is 2.56 bits per heavy atom. The highest BCUT2D eigenvalue weighted by Crippen LogP contribution is 2.15. The minimum atomic E-state index is -0.464. The molecule has 1 aromatic rings. The second-order valence-corrected chi connectivity index (χ2v) is 7.54. The zero-order chi connectivity index (χ0) is 18.3. The van der Waals surface area contributed by atoms with Crippen molar-refractivity contribution in [3.05, 3.63) is 35.9 Å². The summed E-state index contributed by atoms with van der Waals surface area (Å²) < 4.78 is 5.70. The maximum Gasteiger partial charge on any atom is 0.321 e. The minimum Gasteiger partial charge on any atom is -0.377 e. The zero-order valence-corrected chi connectivity index (χ0v) is 15.4. The monoisotopic (exact) mass is 347 g/mol. The van der Waals surface area contributed by atoms with E-state index in [1.54, 1.807) is 0 Å². The summed E-state index contributed by atoms with van der Waals surface area (Å²) in [4.78, 5) is 26.2. The average molecular weight is 347 g/mol. The predicted octanol–water partition coefficient (Wildman–Crippen LogP) is 2.29. The lowest BCUT2D eigenvalue weighted by Gasteiger charge is -2.25. The number of imide groups is 1. The van der Waals surface area contributed by atoms with Gasteiger partial charge < -0.3 is 10.1 Å². The minimum absolute atomic E-state index is 0.153. The standard InChI is InChI=1S/C19H29N3O3/c1-19(2,3)21-18(24)20-17(23)14-22(13-16-10-7-11-25-16)12-15-8-5-4-6-9-15/h4-6,8-9,16H,7,10-14H2,1-3H3,(H2,20,21,23,24). The Balaban J connectivity index is 1.92. The van der Waals surface area contributed by atoms with Gasteiger partial charge in [0.25, 0.3) is 0 Å². The molecule has 138 valence electrons. The van der Waals surface area contributed by atoms with Crippen LogP contribution >= 0.6 is 0 Å². The van der Waals surface area contributed by atoms with Crippen LogP contribution in [-0.2, 0) is 16.1 Å². The van der Waals surface area contributed by atoms with Crippen molar-refractivity contribution in [2.45, 2.75) is 51.8 Å². The van der Waals surface area contributed by atoms with Crippen molar-refractivity contribution in [1.82, 2.24) is 15.5 Å². The fourth-order valence-electron chi connectivity index (χ4n) is 2.84. The fraction of sp³-hybridized carbons (Fsp3) is 0.579. The van der Waals surface area contributed by atoms with Crippen LogP contribution in [0, 0.1) is 0 Å². The summed E-state index contributed by atoms with van der Waals surface area (Å²) in [6, 6.07) is 9.54. The third-order valence-corrected chi connectivity index (χ3v) is 3.84. The van der Waals surface area contributed by atoms with Crippen molar-refractivity contribution in [2.75, 3.05) is 19.7 Å². The Bertz CT molecular complexity index is 563. The molecule has 1 heterocycles. The van der Waals surface area contributed by atoms with Crippen LogP contribution in [0.15, 0.2) is 30.3 Å². The quantitative estimate of drug-likeness (QED) is 0.828. The Morgan fingerprint density at radius 1 is 1.24 bits per heavy atom. The molecule has 1 aliphatic rings. The van der Waals surface area contributed by atoms with E-state index in [9.17, 15) is 9.59 Å². The molecule has 1 aromatic carbocycles. The van der Waals surface area contributed by atoms with Gasteiger partial charge in [0.15, 0.2) is 0 Å². The van der Waals surface area contributed by atoms with Gasteiger partial charge in [0.1, 0.15) is 0 Å². The first kappa shape index (κ1) is 19.4. The molecule has 0 radical (unpaired) electrons. The number of nitrogens with one attached hydrogen (secondary N) is 2. The lowest BCUT2D eigenvalue weighted by atomic mass is 10.1. The Kier molecular flexibility index (Phi) is 6.96. The van der Waals surface area contributed by atoms with Crippen molar-refractivity contribution in [2.24, 2.45) is 0 Å². The van der Waals surface area contributed by atoms with Crippen LogP contribution in [0.1, 0.15) is 39.2 Å². The van der Waals surface area contributed by atoms with Gasteiger partial charge in [-0.1, -0.05) is 30.3 Å². The molecule has 1 fully saturated rings. The Hall–Kier alpha value is -1.92. The highest BCUT2D eigenvalue weighted by Gasteiger charge is 2.22. The number of amides is 3. The molecule has 2 N–H and O–H groups in total. The molecular formula is C19H29N3O3. The Labute approximate surface area is 149 Å². The van der Waals surface area contributed by atoms with Gasteiger partial charge in [-0.05, 0) is 39.2 Å². The third kappa shape index (κ3) is 7.67. The summed E-state index contributed by atoms with van der Waals surface area (Å²) in [7, 11) is 0. The molecule has 0 spiro atoms. The summed E-state index contributed by atoms with van der Waals surface area (Å²) in [6.45, 7) is 7.89. The van der Waals surface area contributed by atoms with E-state index in [-0.39, 0.29) is 24.1 Å². The first-order valence-electron chi connectivity index (χ1n) is 8.82. The molecule has 0 aliphatic carbocycles. The molecule has 1 saturated heterocycles. The van der Waals surface area contributed by atoms with E-state index in [0.29, 0.717) is 13.1 Å². The number of hydrogen-bond acceptors (Lipinski definition) is 4. The Morgan fingerprint density at radius 2 is 1.96 bits per heavy atom. The molecular weight excluding hydrogens is 318 g/mol. The third-order valence-electron chi connectivity index (χ3n) is 3.84. The van der Waals surface area contributed by atoms with E-state index >= 15 is 0 Å². The van der Waals surface area contributed by atoms with Gasteiger partial charge in [-0.15, -0.1) is 0 Å². The maximum absolute atomic E-state index is 12.3. The first-order chi connectivity index (χ1) is 11.8. The number of nitrogens with zero attached hydrogens (tertiary/aromatic N) is 1. The van der Waals surface area contributed by atoms with Gasteiger partial charge in [0.05, 0.1) is 12.6 Å². The van der Waals surface area contributed by atoms with Crippen LogP contribution in [0.2, 0.25) is 0 Å². The van der Waals surface area contributed by atoms with E-state index in [1.165, 1.54) is 0 Å². The van der Waals surface area contributed by atoms with E-state index < -0.39 is 6.03 Å². The molecule has 25 heavy (non-hydrogen) atoms. The van der Waals surface area contributed by atoms with Crippen molar-refractivity contribution in [3.63, 3.8) is 0 Å². The molecule has 6 heteroatoms. The number of ether oxygens (including phenoxy) is 1. The smallest absolute Gasteiger partial charge is 0.321 e. The van der Waals surface area contributed by atoms with E-state index in [4.69, 9.17) is 4.74 Å². The summed E-state index contributed by atoms with van der Waals surface area (Å²) in [5.74, 6) is -0.310. The molecule has 1 aliphatic heterocycles. The number of benzene rings is 1. The zero-order valence-electron chi connectivity index (χ0n) is 15.4. The normalized spacial score (nSPS) is 17.5. The van der Waals surface area contributed by atoms with E-state index in [0.717, 1.165) is 25.0 Å². The molecule has 0 saturated carbocycles. The lowest BCUT2D eigenvalue weighted by molar-refractivity contribution is -0.121. The highest BCUT2D eigenvalue weighted by molar-refractivity contribution is 5.95. The van der Waals surface area contributed by atoms with E-state index in [2.05, 4.69) is 10.6 Å². The molecule has 1 unspecified atom stereocenters. The second-order valence-electron chi connectivity index (χ2n) is 7.54. The summed E-state index contributed by atoms with van der Waals surface area (Å²) in [5.41, 5.74) is 0.749. The predicted molar refractivity (Wildman–Crippen MR) is 97.1 cm³/mol. The van der Waals surface area contributed by atoms with Crippen molar-refractivity contribution in [1.29, 1.82) is 0 Å². The molecule has 0 bridgehead atoms. The van der Waals surface area contributed by atoms with Crippen LogP contribution in [-0.4, -0.2) is 48.2 Å². The van der Waals surface area contributed by atoms with Gasteiger partial charge in [0.2, 0.25) is 5.91 Å². The van der Waals surface area contributed by atoms with Gasteiger partial charge in [-0.2, -0.15) is 0 Å². The van der Waals surface area contributed by atoms with Crippen LogP contribution in [0.5, 0.6) is 0 Å². The number of carbonyl (C=O) groups excluding carboxylic acids is 2. The second kappa shape index (κ2) is 8.97. The van der Waals surface area contributed by atoms with E-state index in [1.807, 2.05) is 56.0 Å². The molecule has 3 amide bonds. The molecule has 1 atom stereocenters. The van der Waals surface area contributed by atoms with Crippen LogP contribution in [0.25, 0.3) is 0 Å². The van der Waals surface area contributed by atoms with Gasteiger partial charge in [-0.3, -0.25) is 15.0 Å². The van der Waals surface area contributed by atoms with Crippen molar-refractivity contribution < 1.29 is 14.3 Å². The molecule has 0 aromatic heterocycles. The van der Waals surface area contributed by atoms with Gasteiger partial charge in [-0.25, -0.2) is 4.79 Å². The van der Waals surface area contributed by atoms with Crippen LogP contribution in [0.4, 0.5) is 4.79 Å². The molecule has 2 rings (SSSR count). The first-order valence-corrected chi connectivity index (χ1v) is 8.82. The van der Waals surface area contributed by atoms with Gasteiger partial charge in [0, 0.05) is 25.2 Å². The van der Waals surface area contributed by atoms with Crippen LogP contribution < -0.4 is 10.6 Å². The maximum atomic E-state index is 12.3. The largest absolute Gasteiger partial charge is 0.377 e. The van der Waals surface area contributed by atoms with Crippen LogP contribution in [0.3, 0.4) is 0 Å². The van der Waals surface area contributed by atoms with Crippen molar-refractivity contribution in [3.8, 4) is 0 Å². The highest BCUT2D eigenvalue weighted by atomic mass is 16.5. The van der Waals surface area contributed by atoms with Gasteiger partial charge >= 0.3 is 6.03 Å². The average Bonchev–Trinajstić information content (AvgIpc) is 2.98. The number of carbonyl (C=O) groups is 2. The summed E-state index contributed by atoms with van der Waals surface area (Å²) in [6.07, 6.45) is 2.22. The summed E-state index contributed by atoms with van der Waals surface area (Å²) >= 11 is 0. The summed E-state index contributed by atoms with van der Waals surface area (Å²) in [5, 5.41) is 5.14. The van der Waals surface area contributed by atoms with Crippen molar-refractivity contribution >= 4 is 11.9 Å². The fourth-order valence-corrected chi connectivity index (χ4v) is 2.84. The number of rotatable bonds is 6. The lowest BCUT2D eigenvalue weighted by Crippen LogP contribution is -2.50.